The summed E-state index contributed by atoms with van der Waals surface area (Å²) < 4.78 is 10.7. The van der Waals surface area contributed by atoms with Gasteiger partial charge in [-0.1, -0.05) is 66.7 Å². The Morgan fingerprint density at radius 3 is 1.38 bits per heavy atom. The zero-order chi connectivity index (χ0) is 28.3. The number of carbonyl (C=O) groups is 3. The van der Waals surface area contributed by atoms with E-state index < -0.39 is 37.0 Å². The molecule has 0 fully saturated rings. The lowest BCUT2D eigenvalue weighted by molar-refractivity contribution is -0.143. The third-order valence-corrected chi connectivity index (χ3v) is 11.3. The first-order chi connectivity index (χ1) is 19.5. The second-order valence-electron chi connectivity index (χ2n) is 9.02. The van der Waals surface area contributed by atoms with E-state index in [-0.39, 0.29) is 16.4 Å². The fourth-order valence-electron chi connectivity index (χ4n) is 5.26. The minimum Gasteiger partial charge on any atom is -0.478 e. The highest BCUT2D eigenvalue weighted by Gasteiger charge is 2.60. The van der Waals surface area contributed by atoms with Gasteiger partial charge in [-0.3, -0.25) is 14.5 Å². The number of hydrogen-bond acceptors (Lipinski definition) is 6. The summed E-state index contributed by atoms with van der Waals surface area (Å²) in [7, 11) is -0.740. The van der Waals surface area contributed by atoms with Crippen LogP contribution >= 0.6 is 7.26 Å². The standard InChI is InChI=1S/C32H26NO6P/c1-38-31(36)27(33-29(34)25-20-12-13-21-26(25)30(33)35)28(32(37)39-2)40(22-14-6-3-7-15-22,23-16-8-4-9-17-23)24-18-10-5-11-19-24/h3-21,27H,1-2H3/p+1/b32-28+/t27-/m1/s1. The van der Waals surface area contributed by atoms with Crippen molar-refractivity contribution in [3.63, 3.8) is 0 Å². The first kappa shape index (κ1) is 26.9. The van der Waals surface area contributed by atoms with Gasteiger partial charge in [0, 0.05) is 0 Å². The molecule has 7 nitrogen and oxygen atoms in total. The van der Waals surface area contributed by atoms with Gasteiger partial charge in [0.2, 0.25) is 11.4 Å². The van der Waals surface area contributed by atoms with Crippen LogP contribution in [0.4, 0.5) is 0 Å². The molecular weight excluding hydrogens is 525 g/mol. The lowest BCUT2D eigenvalue weighted by atomic mass is 10.1. The quantitative estimate of drug-likeness (QED) is 0.153. The van der Waals surface area contributed by atoms with E-state index in [0.717, 1.165) is 20.8 Å². The Morgan fingerprint density at radius 2 is 1.02 bits per heavy atom. The van der Waals surface area contributed by atoms with Crippen LogP contribution in [0.25, 0.3) is 0 Å². The number of amides is 2. The van der Waals surface area contributed by atoms with Crippen LogP contribution in [0.2, 0.25) is 0 Å². The summed E-state index contributed by atoms with van der Waals surface area (Å²) in [5.74, 6) is -2.79. The van der Waals surface area contributed by atoms with Gasteiger partial charge in [-0.25, -0.2) is 4.79 Å². The van der Waals surface area contributed by atoms with Gasteiger partial charge in [-0.05, 0) is 48.5 Å². The molecule has 0 saturated carbocycles. The molecule has 0 spiro atoms. The van der Waals surface area contributed by atoms with Crippen LogP contribution in [0.5, 0.6) is 0 Å². The molecule has 4 aromatic rings. The third-order valence-electron chi connectivity index (χ3n) is 6.97. The molecule has 0 bridgehead atoms. The van der Waals surface area contributed by atoms with Crippen LogP contribution in [0.1, 0.15) is 20.7 Å². The highest BCUT2D eigenvalue weighted by Crippen LogP contribution is 2.65. The largest absolute Gasteiger partial charge is 0.478 e. The maximum Gasteiger partial charge on any atom is 0.337 e. The first-order valence-electron chi connectivity index (χ1n) is 12.5. The van der Waals surface area contributed by atoms with Crippen molar-refractivity contribution in [2.45, 2.75) is 6.04 Å². The summed E-state index contributed by atoms with van der Waals surface area (Å²) in [6.07, 6.45) is 0. The molecule has 0 aromatic heterocycles. The van der Waals surface area contributed by atoms with E-state index in [9.17, 15) is 19.5 Å². The summed E-state index contributed by atoms with van der Waals surface area (Å²) in [4.78, 5) is 42.2. The number of aliphatic hydroxyl groups is 1. The Labute approximate surface area is 232 Å². The normalized spacial score (nSPS) is 14.3. The number of ether oxygens (including phenoxy) is 2. The van der Waals surface area contributed by atoms with Crippen LogP contribution < -0.4 is 15.9 Å². The van der Waals surface area contributed by atoms with Crippen molar-refractivity contribution in [3.05, 3.63) is 138 Å². The van der Waals surface area contributed by atoms with Gasteiger partial charge in [0.05, 0.1) is 25.3 Å². The fraction of sp³-hybridized carbons (Fsp3) is 0.0938. The average Bonchev–Trinajstić information content (AvgIpc) is 3.27. The van der Waals surface area contributed by atoms with Crippen molar-refractivity contribution < 1.29 is 29.0 Å². The van der Waals surface area contributed by atoms with Gasteiger partial charge < -0.3 is 14.6 Å². The number of imide groups is 1. The predicted octanol–water partition coefficient (Wildman–Crippen LogP) is 4.19. The smallest absolute Gasteiger partial charge is 0.337 e. The molecule has 0 aliphatic carbocycles. The molecule has 40 heavy (non-hydrogen) atoms. The fourth-order valence-corrected chi connectivity index (χ4v) is 9.81. The van der Waals surface area contributed by atoms with E-state index in [0.29, 0.717) is 0 Å². The molecule has 0 saturated heterocycles. The molecule has 4 aromatic carbocycles. The number of methoxy groups -OCH3 is 2. The van der Waals surface area contributed by atoms with E-state index in [1.807, 2.05) is 91.0 Å². The molecule has 2 amide bonds. The number of benzene rings is 4. The minimum atomic E-state index is -3.20. The Morgan fingerprint density at radius 1 is 0.650 bits per heavy atom. The third kappa shape index (κ3) is 4.25. The highest BCUT2D eigenvalue weighted by atomic mass is 31.2. The van der Waals surface area contributed by atoms with Crippen LogP contribution in [-0.4, -0.2) is 48.1 Å². The van der Waals surface area contributed by atoms with E-state index in [2.05, 4.69) is 0 Å². The second kappa shape index (κ2) is 11.2. The maximum absolute atomic E-state index is 13.8. The maximum atomic E-state index is 13.8. The molecule has 1 aliphatic rings. The summed E-state index contributed by atoms with van der Waals surface area (Å²) in [5.41, 5.74) is 0.335. The molecule has 8 heteroatoms. The number of aliphatic hydroxyl groups excluding tert-OH is 1. The summed E-state index contributed by atoms with van der Waals surface area (Å²) in [5, 5.41) is 14.0. The van der Waals surface area contributed by atoms with Gasteiger partial charge in [-0.15, -0.1) is 0 Å². The molecule has 1 aliphatic heterocycles. The van der Waals surface area contributed by atoms with E-state index >= 15 is 0 Å². The van der Waals surface area contributed by atoms with Crippen molar-refractivity contribution >= 4 is 41.0 Å². The van der Waals surface area contributed by atoms with Crippen molar-refractivity contribution in [3.8, 4) is 0 Å². The van der Waals surface area contributed by atoms with Gasteiger partial charge in [0.15, 0.2) is 7.26 Å². The highest BCUT2D eigenvalue weighted by molar-refractivity contribution is 7.99. The summed E-state index contributed by atoms with van der Waals surface area (Å²) >= 11 is 0. The molecule has 0 unspecified atom stereocenters. The van der Waals surface area contributed by atoms with Crippen LogP contribution in [0, 0.1) is 0 Å². The minimum absolute atomic E-state index is 0.0694. The van der Waals surface area contributed by atoms with E-state index in [1.165, 1.54) is 26.4 Å². The Kier molecular flexibility index (Phi) is 7.50. The van der Waals surface area contributed by atoms with Gasteiger partial charge in [-0.2, -0.15) is 0 Å². The molecule has 200 valence electrons. The second-order valence-corrected chi connectivity index (χ2v) is 12.4. The molecule has 0 radical (unpaired) electrons. The number of carbonyl (C=O) groups excluding carboxylic acids is 3. The van der Waals surface area contributed by atoms with Crippen LogP contribution in [-0.2, 0) is 14.3 Å². The van der Waals surface area contributed by atoms with Crippen LogP contribution in [0.15, 0.2) is 127 Å². The average molecular weight is 553 g/mol. The van der Waals surface area contributed by atoms with Crippen molar-refractivity contribution in [1.29, 1.82) is 0 Å². The number of nitrogens with zero attached hydrogens (tertiary/aromatic N) is 1. The lowest BCUT2D eigenvalue weighted by Crippen LogP contribution is -2.50. The summed E-state index contributed by atoms with van der Waals surface area (Å²) in [6.45, 7) is 0. The van der Waals surface area contributed by atoms with Gasteiger partial charge in [0.25, 0.3) is 11.8 Å². The monoisotopic (exact) mass is 552 g/mol. The van der Waals surface area contributed by atoms with E-state index in [4.69, 9.17) is 9.47 Å². The Bertz CT molecular complexity index is 1460. The molecule has 1 heterocycles. The zero-order valence-electron chi connectivity index (χ0n) is 21.9. The predicted molar refractivity (Wildman–Crippen MR) is 155 cm³/mol. The number of hydrogen-bond donors (Lipinski definition) is 1. The number of rotatable bonds is 8. The summed E-state index contributed by atoms with van der Waals surface area (Å²) in [6, 6.07) is 33.0. The topological polar surface area (TPSA) is 93.1 Å². The SMILES string of the molecule is COC(=O)[C@@H](/C(=C(/O)OC)[P+](c1ccccc1)(c1ccccc1)c1ccccc1)N1C(=O)c2ccccc2C1=O. The van der Waals surface area contributed by atoms with Crippen molar-refractivity contribution in [2.75, 3.05) is 14.2 Å². The van der Waals surface area contributed by atoms with Crippen molar-refractivity contribution in [2.24, 2.45) is 0 Å². The number of esters is 1. The van der Waals surface area contributed by atoms with Gasteiger partial charge in [0.1, 0.15) is 15.9 Å². The lowest BCUT2D eigenvalue weighted by Gasteiger charge is -2.34. The first-order valence-corrected chi connectivity index (χ1v) is 14.3. The van der Waals surface area contributed by atoms with Crippen LogP contribution in [0.3, 0.4) is 0 Å². The number of fused-ring (bicyclic) bond motifs is 1. The molecule has 1 atom stereocenters. The van der Waals surface area contributed by atoms with Crippen molar-refractivity contribution in [1.82, 2.24) is 4.90 Å². The Hall–Kier alpha value is -4.74. The van der Waals surface area contributed by atoms with E-state index in [1.54, 1.807) is 12.1 Å². The molecule has 1 N–H and O–H groups in total. The molecule has 5 rings (SSSR count). The Balaban J connectivity index is 1.92. The zero-order valence-corrected chi connectivity index (χ0v) is 22.8. The van der Waals surface area contributed by atoms with Gasteiger partial charge >= 0.3 is 11.9 Å². The molecular formula is C32H27NO6P+.